The lowest BCUT2D eigenvalue weighted by Crippen LogP contribution is -2.01. The zero-order valence-corrected chi connectivity index (χ0v) is 8.47. The summed E-state index contributed by atoms with van der Waals surface area (Å²) in [5.41, 5.74) is 7.68. The Morgan fingerprint density at radius 1 is 1.33 bits per heavy atom. The molecule has 0 atom stereocenters. The van der Waals surface area contributed by atoms with Gasteiger partial charge in [-0.25, -0.2) is 0 Å². The molecule has 2 aromatic rings. The van der Waals surface area contributed by atoms with E-state index in [2.05, 4.69) is 4.98 Å². The first-order valence-electron chi connectivity index (χ1n) is 4.30. The third-order valence-corrected chi connectivity index (χ3v) is 2.16. The third kappa shape index (κ3) is 2.64. The molecule has 1 aromatic heterocycles. The van der Waals surface area contributed by atoms with Gasteiger partial charge in [0.05, 0.1) is 0 Å². The van der Waals surface area contributed by atoms with Gasteiger partial charge >= 0.3 is 0 Å². The first kappa shape index (κ1) is 13.8. The molecule has 0 aliphatic heterocycles. The van der Waals surface area contributed by atoms with E-state index < -0.39 is 0 Å². The Bertz CT molecular complexity index is 425. The predicted octanol–water partition coefficient (Wildman–Crippen LogP) is 2.43. The molecule has 0 unspecified atom stereocenters. The van der Waals surface area contributed by atoms with Gasteiger partial charge in [-0.2, -0.15) is 0 Å². The number of benzene rings is 1. The SMILES string of the molecule is C.Cl.NCCc1c[nH]c2ccc(O)cc12. The zero-order chi connectivity index (χ0) is 9.26. The number of H-pyrrole nitrogens is 1. The number of nitrogens with one attached hydrogen (secondary N) is 1. The molecule has 84 valence electrons. The van der Waals surface area contributed by atoms with E-state index in [1.54, 1.807) is 12.1 Å². The molecule has 3 nitrogen and oxygen atoms in total. The minimum absolute atomic E-state index is 0. The second-order valence-corrected chi connectivity index (χ2v) is 3.08. The van der Waals surface area contributed by atoms with Gasteiger partial charge in [0, 0.05) is 17.1 Å². The lowest BCUT2D eigenvalue weighted by atomic mass is 10.1. The number of aromatic hydroxyl groups is 1. The number of rotatable bonds is 2. The maximum Gasteiger partial charge on any atom is 0.116 e. The highest BCUT2D eigenvalue weighted by Gasteiger charge is 2.02. The average molecular weight is 229 g/mol. The summed E-state index contributed by atoms with van der Waals surface area (Å²) in [6.07, 6.45) is 2.78. The van der Waals surface area contributed by atoms with Crippen LogP contribution in [-0.2, 0) is 6.42 Å². The molecular weight excluding hydrogens is 212 g/mol. The number of phenolic OH excluding ortho intramolecular Hbond substituents is 1. The van der Waals surface area contributed by atoms with Gasteiger partial charge in [0.25, 0.3) is 0 Å². The summed E-state index contributed by atoms with van der Waals surface area (Å²) in [5.74, 6) is 0.297. The van der Waals surface area contributed by atoms with E-state index in [1.165, 1.54) is 0 Å². The minimum Gasteiger partial charge on any atom is -0.508 e. The molecule has 0 saturated heterocycles. The number of fused-ring (bicyclic) bond motifs is 1. The standard InChI is InChI=1S/C10H12N2O.CH4.ClH/c11-4-3-7-6-12-10-2-1-8(13)5-9(7)10;;/h1-2,5-6,12-13H,3-4,11H2;1H4;1H. The number of hydrogen-bond donors (Lipinski definition) is 3. The first-order chi connectivity index (χ1) is 6.31. The lowest BCUT2D eigenvalue weighted by molar-refractivity contribution is 0.476. The number of phenols is 1. The van der Waals surface area contributed by atoms with Crippen molar-refractivity contribution in [1.29, 1.82) is 0 Å². The van der Waals surface area contributed by atoms with Crippen LogP contribution in [0, 0.1) is 0 Å². The lowest BCUT2D eigenvalue weighted by Gasteiger charge is -1.96. The highest BCUT2D eigenvalue weighted by molar-refractivity contribution is 5.85. The van der Waals surface area contributed by atoms with Gasteiger partial charge in [0.2, 0.25) is 0 Å². The summed E-state index contributed by atoms with van der Waals surface area (Å²) in [6.45, 7) is 0.628. The normalized spacial score (nSPS) is 9.40. The van der Waals surface area contributed by atoms with Crippen LogP contribution in [0.4, 0.5) is 0 Å². The smallest absolute Gasteiger partial charge is 0.116 e. The number of aromatic amines is 1. The Labute approximate surface area is 95.7 Å². The van der Waals surface area contributed by atoms with Crippen molar-refractivity contribution < 1.29 is 5.11 Å². The van der Waals surface area contributed by atoms with Gasteiger partial charge in [-0.05, 0) is 36.7 Å². The molecule has 0 aliphatic carbocycles. The second-order valence-electron chi connectivity index (χ2n) is 3.08. The number of aromatic nitrogens is 1. The Balaban J connectivity index is 0.000000980. The molecule has 0 bridgehead atoms. The summed E-state index contributed by atoms with van der Waals surface area (Å²) in [6, 6.07) is 5.30. The fourth-order valence-corrected chi connectivity index (χ4v) is 1.53. The van der Waals surface area contributed by atoms with Crippen LogP contribution in [0.5, 0.6) is 5.75 Å². The van der Waals surface area contributed by atoms with Crippen LogP contribution in [0.2, 0.25) is 0 Å². The Morgan fingerprint density at radius 2 is 2.07 bits per heavy atom. The highest BCUT2D eigenvalue weighted by Crippen LogP contribution is 2.22. The average Bonchev–Trinajstić information content (AvgIpc) is 2.49. The van der Waals surface area contributed by atoms with Crippen LogP contribution < -0.4 is 5.73 Å². The van der Waals surface area contributed by atoms with E-state index in [9.17, 15) is 5.11 Å². The molecule has 0 radical (unpaired) electrons. The van der Waals surface area contributed by atoms with E-state index in [0.717, 1.165) is 22.9 Å². The summed E-state index contributed by atoms with van der Waals surface area (Å²) in [4.78, 5) is 3.13. The van der Waals surface area contributed by atoms with E-state index >= 15 is 0 Å². The van der Waals surface area contributed by atoms with Crippen molar-refractivity contribution >= 4 is 23.3 Å². The van der Waals surface area contributed by atoms with Crippen LogP contribution in [0.3, 0.4) is 0 Å². The van der Waals surface area contributed by atoms with Crippen molar-refractivity contribution in [2.24, 2.45) is 5.73 Å². The molecule has 4 N–H and O–H groups in total. The fraction of sp³-hybridized carbons (Fsp3) is 0.273. The van der Waals surface area contributed by atoms with Gasteiger partial charge in [-0.1, -0.05) is 7.43 Å². The maximum absolute atomic E-state index is 9.30. The molecule has 0 spiro atoms. The Hall–Kier alpha value is -1.19. The monoisotopic (exact) mass is 228 g/mol. The Morgan fingerprint density at radius 3 is 2.73 bits per heavy atom. The zero-order valence-electron chi connectivity index (χ0n) is 7.66. The van der Waals surface area contributed by atoms with Crippen LogP contribution >= 0.6 is 12.4 Å². The molecule has 1 heterocycles. The molecule has 0 aliphatic rings. The van der Waals surface area contributed by atoms with E-state index in [1.807, 2.05) is 12.3 Å². The number of halogens is 1. The third-order valence-electron chi connectivity index (χ3n) is 2.16. The van der Waals surface area contributed by atoms with Crippen molar-refractivity contribution in [3.05, 3.63) is 30.0 Å². The predicted molar refractivity (Wildman–Crippen MR) is 66.7 cm³/mol. The molecule has 15 heavy (non-hydrogen) atoms. The van der Waals surface area contributed by atoms with Gasteiger partial charge in [0.1, 0.15) is 5.75 Å². The minimum atomic E-state index is 0. The van der Waals surface area contributed by atoms with Crippen molar-refractivity contribution in [1.82, 2.24) is 4.98 Å². The van der Waals surface area contributed by atoms with Crippen LogP contribution in [0.25, 0.3) is 10.9 Å². The molecule has 0 saturated carbocycles. The summed E-state index contributed by atoms with van der Waals surface area (Å²) in [5, 5.41) is 10.4. The molecule has 1 aromatic carbocycles. The van der Waals surface area contributed by atoms with Gasteiger partial charge < -0.3 is 15.8 Å². The Kier molecular flexibility index (Phi) is 5.19. The largest absolute Gasteiger partial charge is 0.508 e. The molecule has 2 rings (SSSR count). The number of nitrogens with two attached hydrogens (primary N) is 1. The van der Waals surface area contributed by atoms with Gasteiger partial charge in [-0.3, -0.25) is 0 Å². The van der Waals surface area contributed by atoms with Gasteiger partial charge in [-0.15, -0.1) is 12.4 Å². The molecule has 0 amide bonds. The van der Waals surface area contributed by atoms with Crippen molar-refractivity contribution in [3.8, 4) is 5.75 Å². The molecule has 4 heteroatoms. The quantitative estimate of drug-likeness (QED) is 0.739. The van der Waals surface area contributed by atoms with Crippen molar-refractivity contribution in [2.75, 3.05) is 6.54 Å². The maximum atomic E-state index is 9.30. The molecule has 0 fully saturated rings. The summed E-state index contributed by atoms with van der Waals surface area (Å²) in [7, 11) is 0. The first-order valence-corrected chi connectivity index (χ1v) is 4.30. The van der Waals surface area contributed by atoms with Crippen LogP contribution in [-0.4, -0.2) is 16.6 Å². The molecular formula is C11H17ClN2O. The highest BCUT2D eigenvalue weighted by atomic mass is 35.5. The van der Waals surface area contributed by atoms with E-state index in [0.29, 0.717) is 12.3 Å². The summed E-state index contributed by atoms with van der Waals surface area (Å²) < 4.78 is 0. The number of hydrogen-bond acceptors (Lipinski definition) is 2. The second kappa shape index (κ2) is 5.63. The van der Waals surface area contributed by atoms with Crippen LogP contribution in [0.15, 0.2) is 24.4 Å². The van der Waals surface area contributed by atoms with Crippen LogP contribution in [0.1, 0.15) is 13.0 Å². The van der Waals surface area contributed by atoms with E-state index in [4.69, 9.17) is 5.73 Å². The van der Waals surface area contributed by atoms with E-state index in [-0.39, 0.29) is 19.8 Å². The summed E-state index contributed by atoms with van der Waals surface area (Å²) >= 11 is 0. The van der Waals surface area contributed by atoms with Gasteiger partial charge in [0.15, 0.2) is 0 Å². The topological polar surface area (TPSA) is 62.0 Å². The van der Waals surface area contributed by atoms with Crippen molar-refractivity contribution in [3.63, 3.8) is 0 Å². The fourth-order valence-electron chi connectivity index (χ4n) is 1.53. The van der Waals surface area contributed by atoms with Crippen molar-refractivity contribution in [2.45, 2.75) is 13.8 Å².